The molecule has 31 heavy (non-hydrogen) atoms. The normalized spacial score (nSPS) is 15.2. The van der Waals surface area contributed by atoms with Crippen molar-refractivity contribution in [2.45, 2.75) is 30.7 Å². The van der Waals surface area contributed by atoms with Gasteiger partial charge >= 0.3 is 12.0 Å². The zero-order valence-corrected chi connectivity index (χ0v) is 16.9. The van der Waals surface area contributed by atoms with Gasteiger partial charge in [0.15, 0.2) is 5.82 Å². The van der Waals surface area contributed by atoms with Crippen LogP contribution in [-0.4, -0.2) is 27.2 Å². The van der Waals surface area contributed by atoms with Crippen LogP contribution in [0.15, 0.2) is 53.1 Å². The average molecular weight is 445 g/mol. The van der Waals surface area contributed by atoms with E-state index in [9.17, 15) is 19.1 Å². The molecule has 1 aliphatic carbocycles. The second-order valence-electron chi connectivity index (χ2n) is 7.33. The lowest BCUT2D eigenvalue weighted by Crippen LogP contribution is -2.34. The number of hydrogen-bond acceptors (Lipinski definition) is 5. The SMILES string of the molecule is O=C(Nc1ccc(F)cc1)NC(Cc1ccc(Cl)cc1)c1noc(C2(C(=O)O)CC2)n1. The standard InChI is InChI=1S/C21H18ClFN4O4/c22-13-3-1-12(2-4-13)11-16(25-20(30)24-15-7-5-14(23)6-8-15)17-26-18(31-27-17)21(9-10-21)19(28)29/h1-8,16H,9-11H2,(H,28,29)(H2,24,25,30). The number of rotatable bonds is 7. The van der Waals surface area contributed by atoms with Gasteiger partial charge in [0, 0.05) is 17.1 Å². The van der Waals surface area contributed by atoms with E-state index >= 15 is 0 Å². The minimum Gasteiger partial charge on any atom is -0.480 e. The van der Waals surface area contributed by atoms with Crippen molar-refractivity contribution >= 4 is 29.3 Å². The monoisotopic (exact) mass is 444 g/mol. The molecule has 1 heterocycles. The highest BCUT2D eigenvalue weighted by Gasteiger charge is 2.57. The molecule has 8 nitrogen and oxygen atoms in total. The molecule has 0 saturated heterocycles. The van der Waals surface area contributed by atoms with Gasteiger partial charge in [-0.1, -0.05) is 28.9 Å². The van der Waals surface area contributed by atoms with Gasteiger partial charge in [-0.25, -0.2) is 9.18 Å². The molecule has 1 saturated carbocycles. The van der Waals surface area contributed by atoms with Crippen LogP contribution in [0.2, 0.25) is 5.02 Å². The molecule has 2 amide bonds. The number of urea groups is 1. The smallest absolute Gasteiger partial charge is 0.319 e. The van der Waals surface area contributed by atoms with Crippen LogP contribution >= 0.6 is 11.6 Å². The zero-order valence-electron chi connectivity index (χ0n) is 16.1. The molecular weight excluding hydrogens is 427 g/mol. The molecule has 4 rings (SSSR count). The summed E-state index contributed by atoms with van der Waals surface area (Å²) in [4.78, 5) is 28.4. The summed E-state index contributed by atoms with van der Waals surface area (Å²) in [6, 6.07) is 11.1. The van der Waals surface area contributed by atoms with Gasteiger partial charge in [0.2, 0.25) is 5.89 Å². The van der Waals surface area contributed by atoms with E-state index in [0.717, 1.165) is 5.56 Å². The Morgan fingerprint density at radius 3 is 2.45 bits per heavy atom. The number of carboxylic acids is 1. The molecule has 0 aliphatic heterocycles. The Bertz CT molecular complexity index is 1100. The van der Waals surface area contributed by atoms with E-state index < -0.39 is 29.3 Å². The number of carbonyl (C=O) groups excluding carboxylic acids is 1. The number of hydrogen-bond donors (Lipinski definition) is 3. The highest BCUT2D eigenvalue weighted by Crippen LogP contribution is 2.47. The molecule has 1 fully saturated rings. The van der Waals surface area contributed by atoms with Crippen LogP contribution in [0.25, 0.3) is 0 Å². The fourth-order valence-corrected chi connectivity index (χ4v) is 3.26. The van der Waals surface area contributed by atoms with Crippen molar-refractivity contribution in [2.75, 3.05) is 5.32 Å². The van der Waals surface area contributed by atoms with Crippen molar-refractivity contribution in [2.24, 2.45) is 0 Å². The van der Waals surface area contributed by atoms with Crippen LogP contribution in [0.3, 0.4) is 0 Å². The predicted octanol–water partition coefficient (Wildman–Crippen LogP) is 4.08. The lowest BCUT2D eigenvalue weighted by Gasteiger charge is -2.16. The Balaban J connectivity index is 1.55. The number of aromatic nitrogens is 2. The van der Waals surface area contributed by atoms with Gasteiger partial charge in [-0.15, -0.1) is 0 Å². The molecule has 0 spiro atoms. The quantitative estimate of drug-likeness (QED) is 0.505. The van der Waals surface area contributed by atoms with E-state index in [1.54, 1.807) is 24.3 Å². The van der Waals surface area contributed by atoms with Crippen molar-refractivity contribution in [1.82, 2.24) is 15.5 Å². The second-order valence-corrected chi connectivity index (χ2v) is 7.77. The molecule has 2 aromatic carbocycles. The summed E-state index contributed by atoms with van der Waals surface area (Å²) in [5, 5.41) is 19.3. The number of benzene rings is 2. The van der Waals surface area contributed by atoms with Crippen molar-refractivity contribution in [1.29, 1.82) is 0 Å². The Hall–Kier alpha value is -3.46. The van der Waals surface area contributed by atoms with Gasteiger partial charge in [0.1, 0.15) is 11.2 Å². The maximum atomic E-state index is 13.1. The molecule has 10 heteroatoms. The molecule has 0 bridgehead atoms. The topological polar surface area (TPSA) is 117 Å². The van der Waals surface area contributed by atoms with Crippen LogP contribution in [0.5, 0.6) is 0 Å². The molecular formula is C21H18ClFN4O4. The molecule has 1 aromatic heterocycles. The fraction of sp³-hybridized carbons (Fsp3) is 0.238. The van der Waals surface area contributed by atoms with E-state index in [-0.39, 0.29) is 11.7 Å². The molecule has 3 N–H and O–H groups in total. The van der Waals surface area contributed by atoms with E-state index in [1.807, 2.05) is 0 Å². The molecule has 1 atom stereocenters. The first-order chi connectivity index (χ1) is 14.9. The maximum absolute atomic E-state index is 13.1. The van der Waals surface area contributed by atoms with Gasteiger partial charge in [-0.2, -0.15) is 4.98 Å². The van der Waals surface area contributed by atoms with Crippen LogP contribution in [0.1, 0.15) is 36.2 Å². The van der Waals surface area contributed by atoms with Gasteiger partial charge in [0.25, 0.3) is 0 Å². The van der Waals surface area contributed by atoms with Crippen molar-refractivity contribution < 1.29 is 23.6 Å². The Morgan fingerprint density at radius 1 is 1.16 bits per heavy atom. The highest BCUT2D eigenvalue weighted by molar-refractivity contribution is 6.30. The lowest BCUT2D eigenvalue weighted by molar-refractivity contribution is -0.140. The summed E-state index contributed by atoms with van der Waals surface area (Å²) in [7, 11) is 0. The van der Waals surface area contributed by atoms with Crippen molar-refractivity contribution in [3.63, 3.8) is 0 Å². The number of amides is 2. The average Bonchev–Trinajstić information content (AvgIpc) is 3.41. The maximum Gasteiger partial charge on any atom is 0.319 e. The molecule has 3 aromatic rings. The molecule has 1 aliphatic rings. The fourth-order valence-electron chi connectivity index (χ4n) is 3.14. The first-order valence-corrected chi connectivity index (χ1v) is 9.88. The number of carbonyl (C=O) groups is 2. The van der Waals surface area contributed by atoms with E-state index in [0.29, 0.717) is 30.0 Å². The third-order valence-electron chi connectivity index (χ3n) is 5.08. The van der Waals surface area contributed by atoms with Crippen molar-refractivity contribution in [3.8, 4) is 0 Å². The number of nitrogens with zero attached hydrogens (tertiary/aromatic N) is 2. The lowest BCUT2D eigenvalue weighted by atomic mass is 10.1. The Kier molecular flexibility index (Phi) is 5.60. The summed E-state index contributed by atoms with van der Waals surface area (Å²) in [6.45, 7) is 0. The van der Waals surface area contributed by atoms with Gasteiger partial charge in [-0.3, -0.25) is 4.79 Å². The van der Waals surface area contributed by atoms with E-state index in [1.165, 1.54) is 24.3 Å². The second kappa shape index (κ2) is 8.35. The third-order valence-corrected chi connectivity index (χ3v) is 5.33. The van der Waals surface area contributed by atoms with Crippen molar-refractivity contribution in [3.05, 3.63) is 76.6 Å². The Morgan fingerprint density at radius 2 is 1.84 bits per heavy atom. The minimum atomic E-state index is -1.15. The van der Waals surface area contributed by atoms with E-state index in [4.69, 9.17) is 16.1 Å². The highest BCUT2D eigenvalue weighted by atomic mass is 35.5. The number of anilines is 1. The molecule has 0 radical (unpaired) electrons. The number of halogens is 2. The van der Waals surface area contributed by atoms with Gasteiger partial charge in [0.05, 0.1) is 6.04 Å². The van der Waals surface area contributed by atoms with Gasteiger partial charge in [-0.05, 0) is 54.8 Å². The summed E-state index contributed by atoms with van der Waals surface area (Å²) in [5.74, 6) is -1.25. The summed E-state index contributed by atoms with van der Waals surface area (Å²) >= 11 is 5.94. The van der Waals surface area contributed by atoms with Crippen LogP contribution in [0, 0.1) is 5.82 Å². The first-order valence-electron chi connectivity index (χ1n) is 9.51. The van der Waals surface area contributed by atoms with Crippen LogP contribution < -0.4 is 10.6 Å². The molecule has 1 unspecified atom stereocenters. The number of carboxylic acid groups (broad SMARTS) is 1. The summed E-state index contributed by atoms with van der Waals surface area (Å²) in [6.07, 6.45) is 1.15. The largest absolute Gasteiger partial charge is 0.480 e. The van der Waals surface area contributed by atoms with Gasteiger partial charge < -0.3 is 20.3 Å². The Labute approximate surface area is 181 Å². The summed E-state index contributed by atoms with van der Waals surface area (Å²) < 4.78 is 18.3. The summed E-state index contributed by atoms with van der Waals surface area (Å²) in [5.41, 5.74) is 0.106. The minimum absolute atomic E-state index is 0.0249. The number of nitrogens with one attached hydrogen (secondary N) is 2. The van der Waals surface area contributed by atoms with E-state index in [2.05, 4.69) is 20.8 Å². The third kappa shape index (κ3) is 4.66. The van der Waals surface area contributed by atoms with Crippen LogP contribution in [0.4, 0.5) is 14.9 Å². The predicted molar refractivity (Wildman–Crippen MR) is 109 cm³/mol. The van der Waals surface area contributed by atoms with Crippen LogP contribution in [-0.2, 0) is 16.6 Å². The number of aliphatic carboxylic acids is 1. The zero-order chi connectivity index (χ0) is 22.0. The molecule has 160 valence electrons. The first kappa shape index (κ1) is 20.8.